The number of halogens is 2. The lowest BCUT2D eigenvalue weighted by Crippen LogP contribution is -2.07. The first kappa shape index (κ1) is 15.8. The van der Waals surface area contributed by atoms with Crippen molar-refractivity contribution >= 4 is 17.6 Å². The van der Waals surface area contributed by atoms with Gasteiger partial charge in [-0.15, -0.1) is 0 Å². The van der Waals surface area contributed by atoms with E-state index in [1.54, 1.807) is 18.2 Å². The van der Waals surface area contributed by atoms with Crippen molar-refractivity contribution in [2.24, 2.45) is 0 Å². The molecule has 0 radical (unpaired) electrons. The van der Waals surface area contributed by atoms with Crippen LogP contribution in [0.5, 0.6) is 5.75 Å². The molecule has 120 valence electrons. The molecular formula is C18H16ClFO3. The average molecular weight is 335 g/mol. The van der Waals surface area contributed by atoms with E-state index < -0.39 is 5.97 Å². The molecule has 0 aliphatic heterocycles. The highest BCUT2D eigenvalue weighted by Gasteiger charge is 2.31. The Morgan fingerprint density at radius 2 is 1.87 bits per heavy atom. The summed E-state index contributed by atoms with van der Waals surface area (Å²) in [5, 5.41) is 0.351. The van der Waals surface area contributed by atoms with E-state index in [0.29, 0.717) is 16.5 Å². The van der Waals surface area contributed by atoms with Crippen LogP contribution in [0.1, 0.15) is 34.7 Å². The molecule has 0 saturated heterocycles. The van der Waals surface area contributed by atoms with E-state index in [1.165, 1.54) is 26.4 Å². The maximum absolute atomic E-state index is 13.2. The Morgan fingerprint density at radius 1 is 1.22 bits per heavy atom. The zero-order chi connectivity index (χ0) is 16.6. The molecule has 3 rings (SSSR count). The Hall–Kier alpha value is -2.07. The fraction of sp³-hybridized carbons (Fsp3) is 0.278. The molecule has 0 amide bonds. The van der Waals surface area contributed by atoms with Gasteiger partial charge in [0.05, 0.1) is 19.2 Å². The van der Waals surface area contributed by atoms with Crippen molar-refractivity contribution in [1.82, 2.24) is 0 Å². The molecule has 0 unspecified atom stereocenters. The summed E-state index contributed by atoms with van der Waals surface area (Å²) in [7, 11) is 2.78. The summed E-state index contributed by atoms with van der Waals surface area (Å²) in [6.45, 7) is 0. The summed E-state index contributed by atoms with van der Waals surface area (Å²) >= 11 is 6.54. The van der Waals surface area contributed by atoms with Crippen LogP contribution in [0.25, 0.3) is 11.1 Å². The Balaban J connectivity index is 2.25. The number of ether oxygens (including phenoxy) is 2. The molecule has 0 bridgehead atoms. The van der Waals surface area contributed by atoms with E-state index in [2.05, 4.69) is 0 Å². The number of carbonyl (C=O) groups is 1. The number of methoxy groups -OCH3 is 2. The molecule has 1 aliphatic rings. The molecule has 3 nitrogen and oxygen atoms in total. The van der Waals surface area contributed by atoms with Gasteiger partial charge in [-0.2, -0.15) is 0 Å². The number of benzene rings is 2. The normalized spacial score (nSPS) is 13.7. The Kier molecular flexibility index (Phi) is 4.26. The molecule has 1 saturated carbocycles. The Bertz CT molecular complexity index is 752. The summed E-state index contributed by atoms with van der Waals surface area (Å²) in [6, 6.07) is 7.93. The lowest BCUT2D eigenvalue weighted by Gasteiger charge is -2.17. The summed E-state index contributed by atoms with van der Waals surface area (Å²) in [5.41, 5.74) is 2.88. The van der Waals surface area contributed by atoms with E-state index in [1.807, 2.05) is 0 Å². The van der Waals surface area contributed by atoms with Gasteiger partial charge < -0.3 is 9.47 Å². The summed E-state index contributed by atoms with van der Waals surface area (Å²) in [6.07, 6.45) is 2.08. The zero-order valence-corrected chi connectivity index (χ0v) is 13.6. The summed E-state index contributed by atoms with van der Waals surface area (Å²) in [5.74, 6) is -0.170. The second-order valence-corrected chi connectivity index (χ2v) is 5.89. The van der Waals surface area contributed by atoms with Gasteiger partial charge in [0.25, 0.3) is 0 Å². The van der Waals surface area contributed by atoms with Crippen LogP contribution in [-0.4, -0.2) is 20.2 Å². The van der Waals surface area contributed by atoms with Gasteiger partial charge in [-0.3, -0.25) is 0 Å². The van der Waals surface area contributed by atoms with Crippen molar-refractivity contribution in [3.8, 4) is 16.9 Å². The number of hydrogen-bond acceptors (Lipinski definition) is 3. The monoisotopic (exact) mass is 334 g/mol. The first-order valence-electron chi connectivity index (χ1n) is 7.31. The van der Waals surface area contributed by atoms with Crippen molar-refractivity contribution < 1.29 is 18.7 Å². The minimum Gasteiger partial charge on any atom is -0.494 e. The van der Waals surface area contributed by atoms with Gasteiger partial charge >= 0.3 is 5.97 Å². The lowest BCUT2D eigenvalue weighted by atomic mass is 9.93. The maximum atomic E-state index is 13.2. The topological polar surface area (TPSA) is 35.5 Å². The highest BCUT2D eigenvalue weighted by Crippen LogP contribution is 2.50. The van der Waals surface area contributed by atoms with Gasteiger partial charge in [0.2, 0.25) is 0 Å². The van der Waals surface area contributed by atoms with E-state index in [-0.39, 0.29) is 11.6 Å². The van der Waals surface area contributed by atoms with Crippen molar-refractivity contribution in [2.75, 3.05) is 14.2 Å². The zero-order valence-electron chi connectivity index (χ0n) is 12.9. The quantitative estimate of drug-likeness (QED) is 0.752. The average Bonchev–Trinajstić information content (AvgIpc) is 3.39. The number of carbonyl (C=O) groups excluding carboxylic acids is 1. The number of esters is 1. The molecule has 5 heteroatoms. The largest absolute Gasteiger partial charge is 0.494 e. The minimum atomic E-state index is -0.490. The molecule has 23 heavy (non-hydrogen) atoms. The van der Waals surface area contributed by atoms with E-state index in [9.17, 15) is 9.18 Å². The molecule has 0 aromatic heterocycles. The predicted molar refractivity (Wildman–Crippen MR) is 86.7 cm³/mol. The smallest absolute Gasteiger partial charge is 0.341 e. The van der Waals surface area contributed by atoms with Crippen LogP contribution in [0.3, 0.4) is 0 Å². The third-order valence-corrected chi connectivity index (χ3v) is 4.37. The van der Waals surface area contributed by atoms with Crippen LogP contribution in [-0.2, 0) is 4.74 Å². The molecular weight excluding hydrogens is 319 g/mol. The summed E-state index contributed by atoms with van der Waals surface area (Å²) in [4.78, 5) is 12.0. The molecule has 0 heterocycles. The molecule has 0 spiro atoms. The minimum absolute atomic E-state index is 0.280. The van der Waals surface area contributed by atoms with Gasteiger partial charge in [-0.25, -0.2) is 9.18 Å². The van der Waals surface area contributed by atoms with Crippen LogP contribution in [0.2, 0.25) is 5.02 Å². The third-order valence-electron chi connectivity index (χ3n) is 4.01. The van der Waals surface area contributed by atoms with Gasteiger partial charge in [0.15, 0.2) is 5.75 Å². The van der Waals surface area contributed by atoms with Gasteiger partial charge in [-0.05, 0) is 48.1 Å². The molecule has 0 N–H and O–H groups in total. The number of hydrogen-bond donors (Lipinski definition) is 0. The molecule has 1 aliphatic carbocycles. The van der Waals surface area contributed by atoms with Crippen molar-refractivity contribution in [3.05, 3.63) is 52.3 Å². The number of rotatable bonds is 4. The Labute approximate surface area is 139 Å². The molecule has 0 atom stereocenters. The van der Waals surface area contributed by atoms with E-state index in [0.717, 1.165) is 29.5 Å². The molecule has 1 fully saturated rings. The van der Waals surface area contributed by atoms with Crippen molar-refractivity contribution in [2.45, 2.75) is 18.8 Å². The fourth-order valence-electron chi connectivity index (χ4n) is 2.74. The van der Waals surface area contributed by atoms with Crippen molar-refractivity contribution in [3.63, 3.8) is 0 Å². The highest BCUT2D eigenvalue weighted by atomic mass is 35.5. The van der Waals surface area contributed by atoms with Crippen LogP contribution < -0.4 is 4.74 Å². The van der Waals surface area contributed by atoms with E-state index >= 15 is 0 Å². The van der Waals surface area contributed by atoms with Crippen LogP contribution in [0.4, 0.5) is 4.39 Å². The highest BCUT2D eigenvalue weighted by molar-refractivity contribution is 6.35. The third kappa shape index (κ3) is 2.91. The first-order chi connectivity index (χ1) is 11.1. The van der Waals surface area contributed by atoms with Gasteiger partial charge in [0.1, 0.15) is 11.4 Å². The second kappa shape index (κ2) is 6.20. The van der Waals surface area contributed by atoms with Crippen LogP contribution in [0.15, 0.2) is 30.3 Å². The maximum Gasteiger partial charge on any atom is 0.341 e. The predicted octanol–water partition coefficient (Wildman–Crippen LogP) is 4.82. The van der Waals surface area contributed by atoms with Crippen LogP contribution in [0, 0.1) is 5.82 Å². The fourth-order valence-corrected chi connectivity index (χ4v) is 3.14. The summed E-state index contributed by atoms with van der Waals surface area (Å²) < 4.78 is 23.4. The van der Waals surface area contributed by atoms with Crippen molar-refractivity contribution in [1.29, 1.82) is 0 Å². The Morgan fingerprint density at radius 3 is 2.39 bits per heavy atom. The lowest BCUT2D eigenvalue weighted by molar-refractivity contribution is 0.0597. The molecule has 2 aromatic carbocycles. The second-order valence-electron chi connectivity index (χ2n) is 5.51. The standard InChI is InChI=1S/C18H16ClFO3/c1-22-17-14(18(21)23-2)9-13(10-3-4-10)15(16(17)19)11-5-7-12(20)8-6-11/h5-10H,3-4H2,1-2H3. The first-order valence-corrected chi connectivity index (χ1v) is 7.69. The van der Waals surface area contributed by atoms with Crippen LogP contribution >= 0.6 is 11.6 Å². The van der Waals surface area contributed by atoms with E-state index in [4.69, 9.17) is 21.1 Å². The SMILES string of the molecule is COC(=O)c1cc(C2CC2)c(-c2ccc(F)cc2)c(Cl)c1OC. The molecule has 2 aromatic rings. The van der Waals surface area contributed by atoms with Gasteiger partial charge in [-0.1, -0.05) is 23.7 Å². The van der Waals surface area contributed by atoms with Gasteiger partial charge in [0, 0.05) is 5.56 Å².